The highest BCUT2D eigenvalue weighted by Crippen LogP contribution is 1.99. The molecular formula is C3BrF2N3. The molecule has 0 aliphatic heterocycles. The van der Waals surface area contributed by atoms with Crippen LogP contribution in [0.15, 0.2) is 4.73 Å². The molecule has 6 heteroatoms. The van der Waals surface area contributed by atoms with Crippen molar-refractivity contribution in [2.75, 3.05) is 0 Å². The van der Waals surface area contributed by atoms with E-state index in [0.29, 0.717) is 0 Å². The van der Waals surface area contributed by atoms with Crippen LogP contribution in [0.25, 0.3) is 0 Å². The Morgan fingerprint density at radius 1 is 1.00 bits per heavy atom. The average Bonchev–Trinajstić information content (AvgIpc) is 1.59. The second-order valence-electron chi connectivity index (χ2n) is 1.14. The lowest BCUT2D eigenvalue weighted by molar-refractivity contribution is 0.449. The van der Waals surface area contributed by atoms with Gasteiger partial charge in [-0.3, -0.25) is 0 Å². The van der Waals surface area contributed by atoms with Crippen molar-refractivity contribution < 1.29 is 8.78 Å². The van der Waals surface area contributed by atoms with E-state index in [0.717, 1.165) is 0 Å². The summed E-state index contributed by atoms with van der Waals surface area (Å²) in [6.07, 6.45) is -2.26. The molecule has 48 valence electrons. The lowest BCUT2D eigenvalue weighted by Gasteiger charge is -1.86. The highest BCUT2D eigenvalue weighted by molar-refractivity contribution is 9.10. The molecule has 0 spiro atoms. The van der Waals surface area contributed by atoms with Gasteiger partial charge in [-0.2, -0.15) is 23.7 Å². The first kappa shape index (κ1) is 6.47. The summed E-state index contributed by atoms with van der Waals surface area (Å²) in [6, 6.07) is 0. The first-order valence-electron chi connectivity index (χ1n) is 1.91. The van der Waals surface area contributed by atoms with Crippen molar-refractivity contribution >= 4 is 15.9 Å². The van der Waals surface area contributed by atoms with Gasteiger partial charge < -0.3 is 0 Å². The van der Waals surface area contributed by atoms with E-state index >= 15 is 0 Å². The Kier molecular flexibility index (Phi) is 1.65. The quantitative estimate of drug-likeness (QED) is 0.618. The van der Waals surface area contributed by atoms with Gasteiger partial charge in [0.05, 0.1) is 0 Å². The summed E-state index contributed by atoms with van der Waals surface area (Å²) in [5.74, 6) is 0. The summed E-state index contributed by atoms with van der Waals surface area (Å²) in [4.78, 5) is 8.69. The van der Waals surface area contributed by atoms with Crippen molar-refractivity contribution in [3.8, 4) is 0 Å². The molecule has 3 nitrogen and oxygen atoms in total. The first-order chi connectivity index (χ1) is 4.18. The molecule has 0 aliphatic carbocycles. The first-order valence-corrected chi connectivity index (χ1v) is 2.70. The Labute approximate surface area is 57.3 Å². The van der Waals surface area contributed by atoms with Crippen LogP contribution in [0.1, 0.15) is 0 Å². The van der Waals surface area contributed by atoms with Gasteiger partial charge in [-0.25, -0.2) is 0 Å². The predicted molar refractivity (Wildman–Crippen MR) is 27.4 cm³/mol. The van der Waals surface area contributed by atoms with Crippen LogP contribution in [-0.4, -0.2) is 15.0 Å². The molecule has 0 aliphatic rings. The van der Waals surface area contributed by atoms with Crippen LogP contribution in [0.4, 0.5) is 8.78 Å². The predicted octanol–water partition coefficient (Wildman–Crippen LogP) is 0.912. The Morgan fingerprint density at radius 2 is 1.44 bits per heavy atom. The van der Waals surface area contributed by atoms with Crippen LogP contribution in [-0.2, 0) is 0 Å². The summed E-state index contributed by atoms with van der Waals surface area (Å²) >= 11 is 2.67. The highest BCUT2D eigenvalue weighted by atomic mass is 79.9. The van der Waals surface area contributed by atoms with E-state index in [1.54, 1.807) is 0 Å². The van der Waals surface area contributed by atoms with E-state index in [1.807, 2.05) is 0 Å². The van der Waals surface area contributed by atoms with Crippen LogP contribution in [0.3, 0.4) is 0 Å². The van der Waals surface area contributed by atoms with Crippen molar-refractivity contribution in [2.45, 2.75) is 0 Å². The Balaban J connectivity index is 3.17. The molecular weight excluding hydrogens is 196 g/mol. The van der Waals surface area contributed by atoms with E-state index in [1.165, 1.54) is 0 Å². The Morgan fingerprint density at radius 3 is 1.78 bits per heavy atom. The summed E-state index contributed by atoms with van der Waals surface area (Å²) in [5, 5.41) is 0. The van der Waals surface area contributed by atoms with Crippen molar-refractivity contribution in [2.24, 2.45) is 0 Å². The highest BCUT2D eigenvalue weighted by Gasteiger charge is 2.00. The zero-order valence-corrected chi connectivity index (χ0v) is 5.56. The van der Waals surface area contributed by atoms with Gasteiger partial charge in [0.2, 0.25) is 4.73 Å². The molecule has 1 aromatic rings. The maximum absolute atomic E-state index is 11.9. The molecule has 0 saturated heterocycles. The average molecular weight is 196 g/mol. The van der Waals surface area contributed by atoms with Crippen LogP contribution in [0.2, 0.25) is 0 Å². The van der Waals surface area contributed by atoms with Gasteiger partial charge >= 0.3 is 12.2 Å². The lowest BCUT2D eigenvalue weighted by Crippen LogP contribution is -1.97. The van der Waals surface area contributed by atoms with Gasteiger partial charge in [-0.1, -0.05) is 0 Å². The molecule has 0 N–H and O–H groups in total. The molecule has 0 radical (unpaired) electrons. The second kappa shape index (κ2) is 2.30. The minimum Gasteiger partial charge on any atom is -0.175 e. The van der Waals surface area contributed by atoms with E-state index < -0.39 is 12.2 Å². The molecule has 0 unspecified atom stereocenters. The molecule has 0 bridgehead atoms. The van der Waals surface area contributed by atoms with Crippen LogP contribution in [0, 0.1) is 12.2 Å². The number of nitrogens with zero attached hydrogens (tertiary/aromatic N) is 3. The monoisotopic (exact) mass is 195 g/mol. The van der Waals surface area contributed by atoms with E-state index in [-0.39, 0.29) is 4.73 Å². The van der Waals surface area contributed by atoms with Gasteiger partial charge in [-0.15, -0.1) is 0 Å². The smallest absolute Gasteiger partial charge is 0.175 e. The third kappa shape index (κ3) is 1.63. The number of aromatic nitrogens is 3. The number of hydrogen-bond acceptors (Lipinski definition) is 3. The van der Waals surface area contributed by atoms with E-state index in [2.05, 4.69) is 30.9 Å². The van der Waals surface area contributed by atoms with Gasteiger partial charge in [0.1, 0.15) is 0 Å². The molecule has 0 atom stereocenters. The fourth-order valence-corrected chi connectivity index (χ4v) is 0.596. The van der Waals surface area contributed by atoms with E-state index in [4.69, 9.17) is 0 Å². The largest absolute Gasteiger partial charge is 0.315 e. The number of rotatable bonds is 0. The molecule has 0 aromatic carbocycles. The zero-order valence-electron chi connectivity index (χ0n) is 3.98. The maximum atomic E-state index is 11.9. The van der Waals surface area contributed by atoms with E-state index in [9.17, 15) is 8.78 Å². The fourth-order valence-electron chi connectivity index (χ4n) is 0.303. The molecule has 9 heavy (non-hydrogen) atoms. The molecule has 1 rings (SSSR count). The second-order valence-corrected chi connectivity index (χ2v) is 1.85. The molecule has 0 amide bonds. The molecule has 1 aromatic heterocycles. The third-order valence-electron chi connectivity index (χ3n) is 0.554. The SMILES string of the molecule is Fc1nc(F)nc(Br)n1. The van der Waals surface area contributed by atoms with Crippen molar-refractivity contribution in [1.82, 2.24) is 15.0 Å². The van der Waals surface area contributed by atoms with Gasteiger partial charge in [0.15, 0.2) is 0 Å². The summed E-state index contributed by atoms with van der Waals surface area (Å²) in [6.45, 7) is 0. The molecule has 0 fully saturated rings. The zero-order chi connectivity index (χ0) is 6.85. The van der Waals surface area contributed by atoms with Crippen LogP contribution >= 0.6 is 15.9 Å². The summed E-state index contributed by atoms with van der Waals surface area (Å²) in [7, 11) is 0. The summed E-state index contributed by atoms with van der Waals surface area (Å²) in [5.41, 5.74) is 0. The van der Waals surface area contributed by atoms with Gasteiger partial charge in [-0.05, 0) is 15.9 Å². The van der Waals surface area contributed by atoms with Crippen molar-refractivity contribution in [3.63, 3.8) is 0 Å². The maximum Gasteiger partial charge on any atom is 0.315 e. The summed E-state index contributed by atoms with van der Waals surface area (Å²) < 4.78 is 23.6. The van der Waals surface area contributed by atoms with Gasteiger partial charge in [0.25, 0.3) is 0 Å². The third-order valence-corrected chi connectivity index (χ3v) is 0.908. The lowest BCUT2D eigenvalue weighted by atomic mass is 11.0. The topological polar surface area (TPSA) is 38.7 Å². The van der Waals surface area contributed by atoms with Crippen molar-refractivity contribution in [1.29, 1.82) is 0 Å². The molecule has 1 heterocycles. The van der Waals surface area contributed by atoms with Crippen LogP contribution in [0.5, 0.6) is 0 Å². The number of hydrogen-bond donors (Lipinski definition) is 0. The van der Waals surface area contributed by atoms with Crippen molar-refractivity contribution in [3.05, 3.63) is 16.9 Å². The fraction of sp³-hybridized carbons (Fsp3) is 0. The van der Waals surface area contributed by atoms with Crippen LogP contribution < -0.4 is 0 Å². The Bertz CT molecular complexity index is 178. The normalized spacial score (nSPS) is 9.67. The Hall–Kier alpha value is -0.650. The minimum absolute atomic E-state index is 0.146. The molecule has 0 saturated carbocycles. The minimum atomic E-state index is -1.13. The standard InChI is InChI=1S/C3BrF2N3/c4-1-7-2(5)9-3(6)8-1. The number of halogens is 3. The van der Waals surface area contributed by atoms with Gasteiger partial charge in [0, 0.05) is 0 Å².